The normalized spacial score (nSPS) is 23.7. The van der Waals surface area contributed by atoms with Crippen LogP contribution in [0.2, 0.25) is 0 Å². The van der Waals surface area contributed by atoms with Gasteiger partial charge in [-0.05, 0) is 42.0 Å². The Morgan fingerprint density at radius 2 is 1.82 bits per heavy atom. The second-order valence-electron chi connectivity index (χ2n) is 11.9. The number of ether oxygens (including phenoxy) is 2. The molecule has 11 heteroatoms. The highest BCUT2D eigenvalue weighted by molar-refractivity contribution is 6.16. The van der Waals surface area contributed by atoms with E-state index in [0.717, 1.165) is 34.4 Å². The van der Waals surface area contributed by atoms with Crippen LogP contribution in [0, 0.1) is 0 Å². The van der Waals surface area contributed by atoms with Crippen LogP contribution in [-0.2, 0) is 27.1 Å². The number of rotatable bonds is 7. The largest absolute Gasteiger partial charge is 0.388 e. The minimum absolute atomic E-state index is 0.0560. The molecule has 7 rings (SSSR count). The molecule has 3 aliphatic rings. The van der Waals surface area contributed by atoms with Gasteiger partial charge in [-0.25, -0.2) is 9.94 Å². The first-order valence-corrected chi connectivity index (χ1v) is 15.4. The molecule has 1 saturated heterocycles. The Kier molecular flexibility index (Phi) is 7.61. The highest BCUT2D eigenvalue weighted by Crippen LogP contribution is 2.40. The number of carbonyl (C=O) groups excluding carboxylic acids is 1. The van der Waals surface area contributed by atoms with E-state index in [1.54, 1.807) is 0 Å². The second-order valence-corrected chi connectivity index (χ2v) is 11.9. The Balaban J connectivity index is 1.28. The highest BCUT2D eigenvalue weighted by atomic mass is 16.7. The van der Waals surface area contributed by atoms with E-state index >= 15 is 0 Å². The highest BCUT2D eigenvalue weighted by Gasteiger charge is 2.42. The first-order valence-electron chi connectivity index (χ1n) is 15.4. The molecule has 2 aromatic carbocycles. The molecule has 44 heavy (non-hydrogen) atoms. The Morgan fingerprint density at radius 1 is 1.05 bits per heavy atom. The topological polar surface area (TPSA) is 132 Å². The van der Waals surface area contributed by atoms with Crippen molar-refractivity contribution in [3.05, 3.63) is 87.6 Å². The van der Waals surface area contributed by atoms with Gasteiger partial charge >= 0.3 is 0 Å². The quantitative estimate of drug-likeness (QED) is 0.334. The summed E-state index contributed by atoms with van der Waals surface area (Å²) >= 11 is 0. The van der Waals surface area contributed by atoms with Gasteiger partial charge in [-0.15, -0.1) is 0 Å². The molecular weight excluding hydrogens is 560 g/mol. The zero-order valence-electron chi connectivity index (χ0n) is 24.7. The van der Waals surface area contributed by atoms with E-state index in [0.29, 0.717) is 55.6 Å². The van der Waals surface area contributed by atoms with Gasteiger partial charge in [0.15, 0.2) is 5.79 Å². The Morgan fingerprint density at radius 3 is 2.52 bits per heavy atom. The predicted octanol–water partition coefficient (Wildman–Crippen LogP) is 3.54. The molecule has 1 spiro atoms. The van der Waals surface area contributed by atoms with E-state index in [1.807, 2.05) is 39.4 Å². The van der Waals surface area contributed by atoms with Gasteiger partial charge in [0.1, 0.15) is 12.4 Å². The molecule has 1 amide bonds. The summed E-state index contributed by atoms with van der Waals surface area (Å²) in [5, 5.41) is 18.7. The molecule has 4 aromatic rings. The molecule has 0 unspecified atom stereocenters. The maximum absolute atomic E-state index is 14.5. The lowest BCUT2D eigenvalue weighted by Gasteiger charge is -2.43. The van der Waals surface area contributed by atoms with Crippen LogP contribution in [0.4, 0.5) is 0 Å². The number of aliphatic hydroxyl groups excluding tert-OH is 1. The van der Waals surface area contributed by atoms with Crippen molar-refractivity contribution in [3.63, 3.8) is 0 Å². The van der Waals surface area contributed by atoms with E-state index < -0.39 is 11.9 Å². The number of nitrogens with zero attached hydrogens (tertiary/aromatic N) is 5. The number of aliphatic hydroxyl groups is 1. The smallest absolute Gasteiger partial charge is 0.259 e. The Bertz CT molecular complexity index is 1780. The van der Waals surface area contributed by atoms with Crippen LogP contribution in [0.5, 0.6) is 0 Å². The van der Waals surface area contributed by atoms with Gasteiger partial charge in [-0.2, -0.15) is 15.2 Å². The van der Waals surface area contributed by atoms with Crippen molar-refractivity contribution in [2.75, 3.05) is 13.2 Å². The fraction of sp³-hybridized carbons (Fsp3) is 0.424. The SMILES string of the molecule is CCCc1c(Cc2ccc(-c3ccccc3)c(C3=NNC(=O)C3)c2)c(=O)n(C2CCC3(CC2)OCC(O)CO3)c2ncnn12. The van der Waals surface area contributed by atoms with Gasteiger partial charge < -0.3 is 14.6 Å². The number of hydrazone groups is 1. The number of aromatic nitrogens is 4. The van der Waals surface area contributed by atoms with Gasteiger partial charge in [0.2, 0.25) is 11.7 Å². The molecule has 2 N–H and O–H groups in total. The zero-order chi connectivity index (χ0) is 30.3. The lowest BCUT2D eigenvalue weighted by atomic mass is 9.88. The van der Waals surface area contributed by atoms with Crippen molar-refractivity contribution in [3.8, 4) is 11.1 Å². The van der Waals surface area contributed by atoms with E-state index in [2.05, 4.69) is 45.7 Å². The monoisotopic (exact) mass is 596 g/mol. The summed E-state index contributed by atoms with van der Waals surface area (Å²) in [6.45, 7) is 2.61. The van der Waals surface area contributed by atoms with Crippen molar-refractivity contribution in [2.45, 2.75) is 76.2 Å². The van der Waals surface area contributed by atoms with Crippen molar-refractivity contribution in [1.82, 2.24) is 24.6 Å². The minimum Gasteiger partial charge on any atom is -0.388 e. The first-order chi connectivity index (χ1) is 21.4. The summed E-state index contributed by atoms with van der Waals surface area (Å²) in [7, 11) is 0. The van der Waals surface area contributed by atoms with Crippen LogP contribution in [0.3, 0.4) is 0 Å². The van der Waals surface area contributed by atoms with Crippen LogP contribution in [-0.4, -0.2) is 61.0 Å². The summed E-state index contributed by atoms with van der Waals surface area (Å²) in [5.41, 5.74) is 8.62. The molecule has 2 aromatic heterocycles. The summed E-state index contributed by atoms with van der Waals surface area (Å²) in [5.74, 6) is -0.289. The Hall–Kier alpha value is -4.19. The standard InChI is InChI=1S/C33H36N6O5/c1-2-6-29-27(16-21-9-10-25(22-7-4-3-5-8-22)26(15-21)28-17-30(41)37-36-28)31(42)38(32-34-20-35-39(29)32)23-11-13-33(14-12-23)43-18-24(40)19-44-33/h3-5,7-10,15,20,23-24,40H,2,6,11-14,16-19H2,1H3,(H,37,41). The lowest BCUT2D eigenvalue weighted by Crippen LogP contribution is -2.49. The summed E-state index contributed by atoms with van der Waals surface area (Å²) in [4.78, 5) is 31.1. The number of aryl methyl sites for hydroxylation is 1. The number of carbonyl (C=O) groups is 1. The summed E-state index contributed by atoms with van der Waals surface area (Å²) in [6, 6.07) is 16.1. The van der Waals surface area contributed by atoms with Crippen molar-refractivity contribution in [1.29, 1.82) is 0 Å². The first kappa shape index (κ1) is 28.6. The van der Waals surface area contributed by atoms with Gasteiger partial charge in [-0.1, -0.05) is 55.8 Å². The number of fused-ring (bicyclic) bond motifs is 1. The maximum Gasteiger partial charge on any atom is 0.259 e. The lowest BCUT2D eigenvalue weighted by molar-refractivity contribution is -0.305. The van der Waals surface area contributed by atoms with Gasteiger partial charge in [-0.3, -0.25) is 14.2 Å². The van der Waals surface area contributed by atoms with Crippen molar-refractivity contribution in [2.24, 2.45) is 5.10 Å². The third-order valence-corrected chi connectivity index (χ3v) is 8.98. The molecule has 0 radical (unpaired) electrons. The van der Waals surface area contributed by atoms with Gasteiger partial charge in [0.25, 0.3) is 5.56 Å². The number of hydrogen-bond acceptors (Lipinski definition) is 8. The molecule has 4 heterocycles. The minimum atomic E-state index is -0.704. The van der Waals surface area contributed by atoms with E-state index in [4.69, 9.17) is 9.47 Å². The van der Waals surface area contributed by atoms with Crippen LogP contribution in [0.15, 0.2) is 64.8 Å². The second kappa shape index (κ2) is 11.7. The molecule has 228 valence electrons. The number of benzene rings is 2. The molecular formula is C33H36N6O5. The number of hydrogen-bond donors (Lipinski definition) is 2. The van der Waals surface area contributed by atoms with Gasteiger partial charge in [0.05, 0.1) is 31.0 Å². The molecule has 11 nitrogen and oxygen atoms in total. The van der Waals surface area contributed by atoms with Crippen LogP contribution in [0.1, 0.15) is 73.9 Å². The molecule has 1 aliphatic carbocycles. The predicted molar refractivity (Wildman–Crippen MR) is 163 cm³/mol. The fourth-order valence-corrected chi connectivity index (χ4v) is 6.78. The van der Waals surface area contributed by atoms with E-state index in [-0.39, 0.29) is 37.1 Å². The molecule has 2 aliphatic heterocycles. The van der Waals surface area contributed by atoms with Gasteiger partial charge in [0, 0.05) is 36.4 Å². The van der Waals surface area contributed by atoms with Crippen LogP contribution in [0.25, 0.3) is 16.9 Å². The third kappa shape index (κ3) is 5.25. The number of nitrogens with one attached hydrogen (secondary N) is 1. The zero-order valence-corrected chi connectivity index (χ0v) is 24.7. The third-order valence-electron chi connectivity index (χ3n) is 8.98. The summed E-state index contributed by atoms with van der Waals surface area (Å²) < 4.78 is 15.5. The summed E-state index contributed by atoms with van der Waals surface area (Å²) in [6.07, 6.45) is 5.67. The average Bonchev–Trinajstić information content (AvgIpc) is 3.71. The van der Waals surface area contributed by atoms with E-state index in [9.17, 15) is 14.7 Å². The van der Waals surface area contributed by atoms with Crippen LogP contribution >= 0.6 is 0 Å². The average molecular weight is 597 g/mol. The Labute approximate surface area is 254 Å². The molecule has 0 atom stereocenters. The van der Waals surface area contributed by atoms with Crippen LogP contribution < -0.4 is 11.0 Å². The molecule has 1 saturated carbocycles. The molecule has 0 bridgehead atoms. The van der Waals surface area contributed by atoms with Crippen molar-refractivity contribution >= 4 is 17.4 Å². The molecule has 2 fully saturated rings. The van der Waals surface area contributed by atoms with Crippen molar-refractivity contribution < 1.29 is 19.4 Å². The fourth-order valence-electron chi connectivity index (χ4n) is 6.78. The van der Waals surface area contributed by atoms with E-state index in [1.165, 1.54) is 6.33 Å². The maximum atomic E-state index is 14.5. The number of amides is 1.